The first-order chi connectivity index (χ1) is 6.36. The van der Waals surface area contributed by atoms with Gasteiger partial charge in [-0.05, 0) is 11.7 Å². The van der Waals surface area contributed by atoms with Crippen molar-refractivity contribution in [2.75, 3.05) is 37.7 Å². The van der Waals surface area contributed by atoms with Gasteiger partial charge in [0.05, 0.1) is 6.54 Å². The molecule has 4 heteroatoms. The molecule has 1 fully saturated rings. The maximum atomic E-state index is 4.46. The van der Waals surface area contributed by atoms with E-state index in [-0.39, 0.29) is 0 Å². The second kappa shape index (κ2) is 4.22. The van der Waals surface area contributed by atoms with E-state index in [2.05, 4.69) is 33.9 Å². The van der Waals surface area contributed by atoms with Gasteiger partial charge in [0.1, 0.15) is 0 Å². The molecule has 1 saturated heterocycles. The third-order valence-electron chi connectivity index (χ3n) is 2.40. The molecule has 0 radical (unpaired) electrons. The van der Waals surface area contributed by atoms with E-state index in [4.69, 9.17) is 0 Å². The number of nitrogens with zero attached hydrogens (tertiary/aromatic N) is 2. The van der Waals surface area contributed by atoms with Crippen LogP contribution in [0.2, 0.25) is 0 Å². The summed E-state index contributed by atoms with van der Waals surface area (Å²) >= 11 is 2.06. The molecule has 1 atom stereocenters. The second-order valence-electron chi connectivity index (χ2n) is 3.76. The number of rotatable bonds is 0. The maximum absolute atomic E-state index is 4.46. The Bertz CT molecular complexity index is 205. The fraction of sp³-hybridized carbons (Fsp3) is 0.889. The smallest absolute Gasteiger partial charge is 0.194 e. The van der Waals surface area contributed by atoms with Gasteiger partial charge in [-0.15, -0.1) is 0 Å². The van der Waals surface area contributed by atoms with Gasteiger partial charge < -0.3 is 10.2 Å². The van der Waals surface area contributed by atoms with Crippen LogP contribution in [0, 0.1) is 5.92 Å². The number of guanidine groups is 1. The number of nitrogens with one attached hydrogen (secondary N) is 1. The lowest BCUT2D eigenvalue weighted by Crippen LogP contribution is -2.41. The first-order valence-electron chi connectivity index (χ1n) is 4.97. The van der Waals surface area contributed by atoms with Crippen LogP contribution in [0.1, 0.15) is 6.92 Å². The van der Waals surface area contributed by atoms with E-state index in [0.29, 0.717) is 0 Å². The van der Waals surface area contributed by atoms with Crippen molar-refractivity contribution in [3.05, 3.63) is 0 Å². The molecule has 2 aliphatic heterocycles. The minimum absolute atomic E-state index is 0.789. The monoisotopic (exact) mass is 199 g/mol. The van der Waals surface area contributed by atoms with E-state index in [9.17, 15) is 0 Å². The Hall–Kier alpha value is -0.380. The van der Waals surface area contributed by atoms with E-state index in [0.717, 1.165) is 31.5 Å². The zero-order valence-electron chi connectivity index (χ0n) is 8.12. The summed E-state index contributed by atoms with van der Waals surface area (Å²) in [5.41, 5.74) is 0. The molecule has 0 amide bonds. The summed E-state index contributed by atoms with van der Waals surface area (Å²) in [5.74, 6) is 4.46. The Labute approximate surface area is 84.0 Å². The Morgan fingerprint density at radius 2 is 2.54 bits per heavy atom. The Balaban J connectivity index is 1.96. The number of aliphatic imine (C=N–C) groups is 1. The van der Waals surface area contributed by atoms with Gasteiger partial charge in [-0.3, -0.25) is 4.99 Å². The molecule has 0 aromatic heterocycles. The molecule has 0 aromatic carbocycles. The molecule has 0 aromatic rings. The molecular formula is C9H17N3S. The molecule has 0 spiro atoms. The first-order valence-corrected chi connectivity index (χ1v) is 6.13. The van der Waals surface area contributed by atoms with Gasteiger partial charge in [-0.1, -0.05) is 6.92 Å². The Morgan fingerprint density at radius 3 is 3.31 bits per heavy atom. The molecular weight excluding hydrogens is 182 g/mol. The summed E-state index contributed by atoms with van der Waals surface area (Å²) in [6.45, 7) is 6.61. The lowest BCUT2D eigenvalue weighted by molar-refractivity contribution is 0.386. The summed E-state index contributed by atoms with van der Waals surface area (Å²) in [6.07, 6.45) is 0. The summed E-state index contributed by atoms with van der Waals surface area (Å²) < 4.78 is 0. The molecule has 2 aliphatic rings. The average Bonchev–Trinajstić information content (AvgIpc) is 2.56. The number of hydrogen-bond acceptors (Lipinski definition) is 4. The first kappa shape index (κ1) is 9.19. The van der Waals surface area contributed by atoms with Crippen molar-refractivity contribution in [2.45, 2.75) is 6.92 Å². The minimum atomic E-state index is 0.789. The lowest BCUT2D eigenvalue weighted by atomic mass is 10.2. The fourth-order valence-electron chi connectivity index (χ4n) is 1.77. The van der Waals surface area contributed by atoms with Crippen LogP contribution < -0.4 is 5.32 Å². The third-order valence-corrected chi connectivity index (χ3v) is 3.67. The van der Waals surface area contributed by atoms with Crippen LogP contribution in [0.3, 0.4) is 0 Å². The number of hydrogen-bond donors (Lipinski definition) is 1. The highest BCUT2D eigenvalue weighted by Crippen LogP contribution is 2.15. The minimum Gasteiger partial charge on any atom is -0.354 e. The fourth-order valence-corrected chi connectivity index (χ4v) is 2.79. The van der Waals surface area contributed by atoms with E-state index in [1.54, 1.807) is 0 Å². The van der Waals surface area contributed by atoms with Crippen molar-refractivity contribution in [3.8, 4) is 0 Å². The molecule has 13 heavy (non-hydrogen) atoms. The van der Waals surface area contributed by atoms with Crippen LogP contribution in [0.15, 0.2) is 4.99 Å². The van der Waals surface area contributed by atoms with E-state index in [1.807, 2.05) is 0 Å². The van der Waals surface area contributed by atoms with Crippen LogP contribution in [-0.4, -0.2) is 48.5 Å². The highest BCUT2D eigenvalue weighted by molar-refractivity contribution is 7.99. The van der Waals surface area contributed by atoms with Gasteiger partial charge >= 0.3 is 0 Å². The van der Waals surface area contributed by atoms with Gasteiger partial charge in [-0.2, -0.15) is 11.8 Å². The van der Waals surface area contributed by atoms with Crippen LogP contribution >= 0.6 is 11.8 Å². The molecule has 3 nitrogen and oxygen atoms in total. The Kier molecular flexibility index (Phi) is 2.98. The summed E-state index contributed by atoms with van der Waals surface area (Å²) in [4.78, 5) is 6.86. The van der Waals surface area contributed by atoms with Crippen molar-refractivity contribution < 1.29 is 0 Å². The van der Waals surface area contributed by atoms with Gasteiger partial charge in [0, 0.05) is 25.4 Å². The van der Waals surface area contributed by atoms with Gasteiger partial charge in [0.2, 0.25) is 0 Å². The standard InChI is InChI=1S/C9H17N3S/c1-8-6-12(4-5-13-7-8)9-10-2-3-11-9/h8H,2-7H2,1H3,(H,10,11). The maximum Gasteiger partial charge on any atom is 0.194 e. The normalized spacial score (nSPS) is 29.5. The number of thioether (sulfide) groups is 1. The topological polar surface area (TPSA) is 27.6 Å². The van der Waals surface area contributed by atoms with Gasteiger partial charge in [0.15, 0.2) is 5.96 Å². The summed E-state index contributed by atoms with van der Waals surface area (Å²) in [5, 5.41) is 3.34. The van der Waals surface area contributed by atoms with Crippen molar-refractivity contribution in [2.24, 2.45) is 10.9 Å². The van der Waals surface area contributed by atoms with Gasteiger partial charge in [0.25, 0.3) is 0 Å². The molecule has 2 rings (SSSR count). The van der Waals surface area contributed by atoms with Crippen molar-refractivity contribution in [1.29, 1.82) is 0 Å². The predicted molar refractivity (Wildman–Crippen MR) is 58.4 cm³/mol. The van der Waals surface area contributed by atoms with E-state index >= 15 is 0 Å². The third kappa shape index (κ3) is 2.30. The van der Waals surface area contributed by atoms with Crippen molar-refractivity contribution >= 4 is 17.7 Å². The summed E-state index contributed by atoms with van der Waals surface area (Å²) in [7, 11) is 0. The lowest BCUT2D eigenvalue weighted by Gasteiger charge is -2.23. The quantitative estimate of drug-likeness (QED) is 0.620. The molecule has 74 valence electrons. The van der Waals surface area contributed by atoms with Crippen molar-refractivity contribution in [3.63, 3.8) is 0 Å². The largest absolute Gasteiger partial charge is 0.354 e. The van der Waals surface area contributed by atoms with Crippen LogP contribution in [0.5, 0.6) is 0 Å². The molecule has 0 saturated carbocycles. The summed E-state index contributed by atoms with van der Waals surface area (Å²) in [6, 6.07) is 0. The average molecular weight is 199 g/mol. The van der Waals surface area contributed by atoms with E-state index in [1.165, 1.54) is 18.1 Å². The zero-order valence-corrected chi connectivity index (χ0v) is 8.94. The highest BCUT2D eigenvalue weighted by atomic mass is 32.2. The molecule has 0 bridgehead atoms. The highest BCUT2D eigenvalue weighted by Gasteiger charge is 2.19. The van der Waals surface area contributed by atoms with Crippen molar-refractivity contribution in [1.82, 2.24) is 10.2 Å². The molecule has 1 unspecified atom stereocenters. The van der Waals surface area contributed by atoms with E-state index < -0.39 is 0 Å². The second-order valence-corrected chi connectivity index (χ2v) is 4.91. The zero-order chi connectivity index (χ0) is 9.10. The predicted octanol–water partition coefficient (Wildman–Crippen LogP) is 0.631. The SMILES string of the molecule is CC1CSCCN(C2=NCCN2)C1. The van der Waals surface area contributed by atoms with Crippen LogP contribution in [0.4, 0.5) is 0 Å². The van der Waals surface area contributed by atoms with Gasteiger partial charge in [-0.25, -0.2) is 0 Å². The van der Waals surface area contributed by atoms with Crippen LogP contribution in [-0.2, 0) is 0 Å². The molecule has 0 aliphatic carbocycles. The molecule has 1 N–H and O–H groups in total. The van der Waals surface area contributed by atoms with Crippen LogP contribution in [0.25, 0.3) is 0 Å². The molecule has 2 heterocycles. The Morgan fingerprint density at radius 1 is 1.62 bits per heavy atom.